The van der Waals surface area contributed by atoms with Crippen molar-refractivity contribution in [2.24, 2.45) is 23.7 Å². The summed E-state index contributed by atoms with van der Waals surface area (Å²) in [5.74, 6) is 4.40. The molecule has 0 spiro atoms. The molecule has 2 aliphatic rings. The summed E-state index contributed by atoms with van der Waals surface area (Å²) in [5, 5.41) is 0. The molecule has 52 valence electrons. The smallest absolute Gasteiger partial charge is 0.0380 e. The van der Waals surface area contributed by atoms with Crippen LogP contribution in [0.15, 0.2) is 0 Å². The number of fused-ring (bicyclic) bond motifs is 1. The Labute approximate surface area is 57.6 Å². The highest BCUT2D eigenvalue weighted by atomic mass is 14.5. The van der Waals surface area contributed by atoms with Crippen molar-refractivity contribution >= 4 is 0 Å². The first-order valence-electron chi connectivity index (χ1n) is 4.27. The molecule has 9 heavy (non-hydrogen) atoms. The van der Waals surface area contributed by atoms with Crippen molar-refractivity contribution in [2.45, 2.75) is 33.1 Å². The van der Waals surface area contributed by atoms with E-state index in [1.165, 1.54) is 11.8 Å². The van der Waals surface area contributed by atoms with Gasteiger partial charge in [0.15, 0.2) is 0 Å². The van der Waals surface area contributed by atoms with Gasteiger partial charge in [0.25, 0.3) is 0 Å². The van der Waals surface area contributed by atoms with Gasteiger partial charge in [0.2, 0.25) is 0 Å². The molecule has 0 amide bonds. The summed E-state index contributed by atoms with van der Waals surface area (Å²) in [6.45, 7) is 4.74. The fourth-order valence-corrected chi connectivity index (χ4v) is 2.31. The molecule has 0 heterocycles. The number of rotatable bonds is 1. The maximum absolute atomic E-state index is 2.37. The molecule has 0 N–H and O–H groups in total. The molecule has 0 aromatic heterocycles. The van der Waals surface area contributed by atoms with Crippen molar-refractivity contribution in [1.82, 2.24) is 0 Å². The van der Waals surface area contributed by atoms with E-state index in [9.17, 15) is 0 Å². The second-order valence-corrected chi connectivity index (χ2v) is 4.23. The van der Waals surface area contributed by atoms with Crippen LogP contribution in [0.2, 0.25) is 0 Å². The number of hydrogen-bond acceptors (Lipinski definition) is 0. The molecule has 2 rings (SSSR count). The van der Waals surface area contributed by atoms with Gasteiger partial charge in [0.05, 0.1) is 0 Å². The highest BCUT2D eigenvalue weighted by molar-refractivity contribution is 4.96. The van der Waals surface area contributed by atoms with E-state index >= 15 is 0 Å². The maximum atomic E-state index is 2.37. The monoisotopic (exact) mass is 124 g/mol. The van der Waals surface area contributed by atoms with Gasteiger partial charge in [-0.1, -0.05) is 13.8 Å². The van der Waals surface area contributed by atoms with Crippen LogP contribution in [-0.2, 0) is 0 Å². The zero-order valence-corrected chi connectivity index (χ0v) is 6.43. The lowest BCUT2D eigenvalue weighted by molar-refractivity contribution is 0.362. The first kappa shape index (κ1) is 5.76. The molecule has 2 saturated carbocycles. The molecule has 0 radical (unpaired) electrons. The van der Waals surface area contributed by atoms with Crippen LogP contribution >= 0.6 is 0 Å². The van der Waals surface area contributed by atoms with Gasteiger partial charge in [0.1, 0.15) is 0 Å². The Morgan fingerprint density at radius 1 is 1.00 bits per heavy atom. The van der Waals surface area contributed by atoms with Crippen LogP contribution in [0.5, 0.6) is 0 Å². The zero-order valence-electron chi connectivity index (χ0n) is 6.43. The van der Waals surface area contributed by atoms with Gasteiger partial charge in [-0.25, -0.2) is 0 Å². The molecular formula is C9H16. The lowest BCUT2D eigenvalue weighted by Crippen LogP contribution is -2.04. The van der Waals surface area contributed by atoms with E-state index in [1.54, 1.807) is 19.3 Å². The Balaban J connectivity index is 1.90. The largest absolute Gasteiger partial charge is 0.0625 e. The second kappa shape index (κ2) is 1.74. The van der Waals surface area contributed by atoms with E-state index in [2.05, 4.69) is 13.8 Å². The van der Waals surface area contributed by atoms with Crippen molar-refractivity contribution in [3.05, 3.63) is 0 Å². The molecule has 0 aromatic rings. The molecule has 2 atom stereocenters. The first-order chi connectivity index (χ1) is 4.27. The maximum Gasteiger partial charge on any atom is -0.0380 e. The Hall–Kier alpha value is 0. The van der Waals surface area contributed by atoms with Crippen LogP contribution < -0.4 is 0 Å². The Morgan fingerprint density at radius 2 is 1.56 bits per heavy atom. The van der Waals surface area contributed by atoms with E-state index in [0.29, 0.717) is 0 Å². The van der Waals surface area contributed by atoms with Crippen LogP contribution in [0.25, 0.3) is 0 Å². The molecular weight excluding hydrogens is 108 g/mol. The Bertz CT molecular complexity index is 105. The van der Waals surface area contributed by atoms with E-state index in [-0.39, 0.29) is 0 Å². The van der Waals surface area contributed by atoms with Gasteiger partial charge in [-0.15, -0.1) is 0 Å². The van der Waals surface area contributed by atoms with Gasteiger partial charge < -0.3 is 0 Å². The second-order valence-electron chi connectivity index (χ2n) is 4.23. The van der Waals surface area contributed by atoms with Gasteiger partial charge in [-0.3, -0.25) is 0 Å². The molecule has 0 aromatic carbocycles. The van der Waals surface area contributed by atoms with Crippen molar-refractivity contribution in [1.29, 1.82) is 0 Å². The third-order valence-electron chi connectivity index (χ3n) is 3.22. The predicted molar refractivity (Wildman–Crippen MR) is 39.2 cm³/mol. The van der Waals surface area contributed by atoms with Crippen LogP contribution in [0.1, 0.15) is 33.1 Å². The highest BCUT2D eigenvalue weighted by Crippen LogP contribution is 2.55. The topological polar surface area (TPSA) is 0 Å². The highest BCUT2D eigenvalue weighted by Gasteiger charge is 2.46. The van der Waals surface area contributed by atoms with Crippen LogP contribution in [0, 0.1) is 23.7 Å². The molecule has 0 aliphatic heterocycles. The van der Waals surface area contributed by atoms with E-state index in [1.807, 2.05) is 0 Å². The standard InChI is InChI=1S/C9H16/c1-6(2)7-3-8-5-9(8)4-7/h6-9H,3-5H2,1-2H3. The molecule has 0 bridgehead atoms. The molecule has 0 nitrogen and oxygen atoms in total. The third-order valence-corrected chi connectivity index (χ3v) is 3.22. The fraction of sp³-hybridized carbons (Fsp3) is 1.00. The average molecular weight is 124 g/mol. The van der Waals surface area contributed by atoms with Crippen LogP contribution in [0.4, 0.5) is 0 Å². The summed E-state index contributed by atoms with van der Waals surface area (Å²) in [6, 6.07) is 0. The van der Waals surface area contributed by atoms with Crippen molar-refractivity contribution < 1.29 is 0 Å². The zero-order chi connectivity index (χ0) is 6.43. The lowest BCUT2D eigenvalue weighted by atomic mass is 9.91. The summed E-state index contributed by atoms with van der Waals surface area (Å²) in [7, 11) is 0. The van der Waals surface area contributed by atoms with Gasteiger partial charge in [-0.2, -0.15) is 0 Å². The quantitative estimate of drug-likeness (QED) is 0.504. The molecule has 2 fully saturated rings. The van der Waals surface area contributed by atoms with Crippen molar-refractivity contribution in [3.8, 4) is 0 Å². The minimum absolute atomic E-state index is 0.956. The fourth-order valence-electron chi connectivity index (χ4n) is 2.31. The minimum Gasteiger partial charge on any atom is -0.0625 e. The Morgan fingerprint density at radius 3 is 1.89 bits per heavy atom. The van der Waals surface area contributed by atoms with Gasteiger partial charge in [0, 0.05) is 0 Å². The van der Waals surface area contributed by atoms with E-state index in [4.69, 9.17) is 0 Å². The lowest BCUT2D eigenvalue weighted by Gasteiger charge is -2.14. The molecule has 0 heteroatoms. The van der Waals surface area contributed by atoms with E-state index < -0.39 is 0 Å². The van der Waals surface area contributed by atoms with E-state index in [0.717, 1.165) is 11.8 Å². The number of hydrogen-bond donors (Lipinski definition) is 0. The summed E-state index contributed by atoms with van der Waals surface area (Å²) in [5.41, 5.74) is 0. The Kier molecular flexibility index (Phi) is 1.12. The molecule has 0 saturated heterocycles. The van der Waals surface area contributed by atoms with Crippen molar-refractivity contribution in [2.75, 3.05) is 0 Å². The van der Waals surface area contributed by atoms with Gasteiger partial charge >= 0.3 is 0 Å². The summed E-state index contributed by atoms with van der Waals surface area (Å²) in [4.78, 5) is 0. The molecule has 2 unspecified atom stereocenters. The summed E-state index contributed by atoms with van der Waals surface area (Å²) < 4.78 is 0. The molecule has 2 aliphatic carbocycles. The normalized spacial score (nSPS) is 47.7. The third kappa shape index (κ3) is 0.889. The SMILES string of the molecule is CC(C)C1CC2CC2C1. The van der Waals surface area contributed by atoms with Gasteiger partial charge in [-0.05, 0) is 42.9 Å². The van der Waals surface area contributed by atoms with Crippen molar-refractivity contribution in [3.63, 3.8) is 0 Å². The first-order valence-corrected chi connectivity index (χ1v) is 4.27. The predicted octanol–water partition coefficient (Wildman–Crippen LogP) is 2.69. The van der Waals surface area contributed by atoms with Crippen LogP contribution in [0.3, 0.4) is 0 Å². The average Bonchev–Trinajstić information content (AvgIpc) is 2.40. The minimum atomic E-state index is 0.956. The summed E-state index contributed by atoms with van der Waals surface area (Å²) >= 11 is 0. The van der Waals surface area contributed by atoms with Crippen LogP contribution in [-0.4, -0.2) is 0 Å². The summed E-state index contributed by atoms with van der Waals surface area (Å²) in [6.07, 6.45) is 4.69.